The van der Waals surface area contributed by atoms with Crippen molar-refractivity contribution in [2.24, 2.45) is 17.6 Å². The van der Waals surface area contributed by atoms with Crippen LogP contribution in [0.4, 0.5) is 0 Å². The quantitative estimate of drug-likeness (QED) is 0.692. The zero-order valence-corrected chi connectivity index (χ0v) is 12.1. The first kappa shape index (κ1) is 16.4. The first-order valence-corrected chi connectivity index (χ1v) is 6.54. The molecule has 0 aliphatic heterocycles. The number of nitrogens with zero attached hydrogens (tertiary/aromatic N) is 2. The maximum absolute atomic E-state index is 11.7. The van der Waals surface area contributed by atoms with E-state index in [2.05, 4.69) is 25.7 Å². The Morgan fingerprint density at radius 1 is 1.29 bits per heavy atom. The number of rotatable bonds is 8. The molecule has 1 amide bonds. The number of hydrogen-bond donors (Lipinski definition) is 1. The van der Waals surface area contributed by atoms with Gasteiger partial charge >= 0.3 is 0 Å². The second kappa shape index (κ2) is 8.48. The molecule has 0 fully saturated rings. The molecule has 0 aliphatic rings. The minimum Gasteiger partial charge on any atom is -0.348 e. The second-order valence-corrected chi connectivity index (χ2v) is 5.26. The fourth-order valence-corrected chi connectivity index (χ4v) is 1.77. The molecule has 0 aromatic heterocycles. The Kier molecular flexibility index (Phi) is 8.17. The molecule has 0 rings (SSSR count). The number of carbonyl (C=O) groups excluding carboxylic acids is 1. The van der Waals surface area contributed by atoms with Gasteiger partial charge in [-0.25, -0.2) is 0 Å². The monoisotopic (exact) mass is 243 g/mol. The minimum absolute atomic E-state index is 0.165. The molecular formula is C13H29N3O. The molecule has 102 valence electrons. The average molecular weight is 243 g/mol. The highest BCUT2D eigenvalue weighted by Crippen LogP contribution is 2.11. The highest BCUT2D eigenvalue weighted by Gasteiger charge is 2.18. The third-order valence-electron chi connectivity index (χ3n) is 3.14. The van der Waals surface area contributed by atoms with E-state index < -0.39 is 0 Å². The molecule has 0 heterocycles. The van der Waals surface area contributed by atoms with Crippen LogP contribution >= 0.6 is 0 Å². The summed E-state index contributed by atoms with van der Waals surface area (Å²) in [6.45, 7) is 9.59. The van der Waals surface area contributed by atoms with Crippen LogP contribution in [0.1, 0.15) is 27.2 Å². The second-order valence-electron chi connectivity index (χ2n) is 5.26. The van der Waals surface area contributed by atoms with E-state index in [1.165, 1.54) is 0 Å². The van der Waals surface area contributed by atoms with Crippen molar-refractivity contribution in [1.29, 1.82) is 0 Å². The molecule has 0 aromatic rings. The van der Waals surface area contributed by atoms with Crippen LogP contribution in [0.5, 0.6) is 0 Å². The van der Waals surface area contributed by atoms with Crippen LogP contribution < -0.4 is 5.73 Å². The van der Waals surface area contributed by atoms with Gasteiger partial charge in [-0.3, -0.25) is 9.69 Å². The molecule has 4 nitrogen and oxygen atoms in total. The van der Waals surface area contributed by atoms with Gasteiger partial charge in [0.2, 0.25) is 5.91 Å². The van der Waals surface area contributed by atoms with Gasteiger partial charge in [-0.15, -0.1) is 0 Å². The number of nitrogens with two attached hydrogens (primary N) is 1. The summed E-state index contributed by atoms with van der Waals surface area (Å²) < 4.78 is 0. The van der Waals surface area contributed by atoms with E-state index in [-0.39, 0.29) is 5.91 Å². The van der Waals surface area contributed by atoms with Crippen molar-refractivity contribution >= 4 is 5.91 Å². The van der Waals surface area contributed by atoms with Gasteiger partial charge in [0.1, 0.15) is 0 Å². The number of amides is 1. The largest absolute Gasteiger partial charge is 0.348 e. The molecule has 2 N–H and O–H groups in total. The lowest BCUT2D eigenvalue weighted by Gasteiger charge is -2.29. The predicted octanol–water partition coefficient (Wildman–Crippen LogP) is 1.02. The smallest absolute Gasteiger partial charge is 0.236 e. The molecule has 17 heavy (non-hydrogen) atoms. The van der Waals surface area contributed by atoms with Gasteiger partial charge in [0.05, 0.1) is 6.54 Å². The third kappa shape index (κ3) is 6.64. The van der Waals surface area contributed by atoms with Crippen LogP contribution in [0.3, 0.4) is 0 Å². The highest BCUT2D eigenvalue weighted by atomic mass is 16.2. The topological polar surface area (TPSA) is 49.6 Å². The molecule has 1 atom stereocenters. The van der Waals surface area contributed by atoms with Crippen molar-refractivity contribution in [3.8, 4) is 0 Å². The molecule has 0 radical (unpaired) electrons. The summed E-state index contributed by atoms with van der Waals surface area (Å²) >= 11 is 0. The Labute approximate surface area is 106 Å². The first-order valence-electron chi connectivity index (χ1n) is 6.54. The maximum atomic E-state index is 11.7. The van der Waals surface area contributed by atoms with E-state index in [1.807, 2.05) is 0 Å². The maximum Gasteiger partial charge on any atom is 0.236 e. The van der Waals surface area contributed by atoms with Crippen molar-refractivity contribution in [2.45, 2.75) is 27.2 Å². The standard InChI is InChI=1S/C13H29N3O/c1-6-7-16(10-13(17)15(4)5)9-12(8-14)11(2)3/h11-12H,6-10,14H2,1-5H3. The van der Waals surface area contributed by atoms with Gasteiger partial charge in [0.15, 0.2) is 0 Å². The zero-order chi connectivity index (χ0) is 13.4. The lowest BCUT2D eigenvalue weighted by molar-refractivity contribution is -0.130. The summed E-state index contributed by atoms with van der Waals surface area (Å²) in [5, 5.41) is 0. The Hall–Kier alpha value is -0.610. The Morgan fingerprint density at radius 3 is 2.24 bits per heavy atom. The average Bonchev–Trinajstić information content (AvgIpc) is 2.25. The fraction of sp³-hybridized carbons (Fsp3) is 0.923. The SMILES string of the molecule is CCCN(CC(=O)N(C)C)CC(CN)C(C)C. The lowest BCUT2D eigenvalue weighted by Crippen LogP contribution is -2.42. The van der Waals surface area contributed by atoms with Gasteiger partial charge < -0.3 is 10.6 Å². The van der Waals surface area contributed by atoms with E-state index >= 15 is 0 Å². The van der Waals surface area contributed by atoms with E-state index in [1.54, 1.807) is 19.0 Å². The number of hydrogen-bond acceptors (Lipinski definition) is 3. The Bertz CT molecular complexity index is 217. The van der Waals surface area contributed by atoms with Crippen molar-refractivity contribution < 1.29 is 4.79 Å². The summed E-state index contributed by atoms with van der Waals surface area (Å²) in [4.78, 5) is 15.6. The normalized spacial score (nSPS) is 13.2. The Morgan fingerprint density at radius 2 is 1.88 bits per heavy atom. The van der Waals surface area contributed by atoms with Crippen molar-refractivity contribution in [3.05, 3.63) is 0 Å². The van der Waals surface area contributed by atoms with E-state index in [4.69, 9.17) is 5.73 Å². The van der Waals surface area contributed by atoms with Gasteiger partial charge in [0, 0.05) is 20.6 Å². The van der Waals surface area contributed by atoms with Crippen LogP contribution in [0.25, 0.3) is 0 Å². The molecule has 0 spiro atoms. The molecule has 0 saturated carbocycles. The fourth-order valence-electron chi connectivity index (χ4n) is 1.77. The van der Waals surface area contributed by atoms with Crippen molar-refractivity contribution in [1.82, 2.24) is 9.80 Å². The van der Waals surface area contributed by atoms with Crippen molar-refractivity contribution in [2.75, 3.05) is 40.3 Å². The van der Waals surface area contributed by atoms with Crippen LogP contribution in [0.15, 0.2) is 0 Å². The summed E-state index contributed by atoms with van der Waals surface area (Å²) in [6.07, 6.45) is 1.07. The summed E-state index contributed by atoms with van der Waals surface area (Å²) in [6, 6.07) is 0. The first-order chi connectivity index (χ1) is 7.92. The number of likely N-dealkylation sites (N-methyl/N-ethyl adjacent to an activating group) is 1. The molecule has 0 aromatic carbocycles. The van der Waals surface area contributed by atoms with Crippen LogP contribution in [0.2, 0.25) is 0 Å². The minimum atomic E-state index is 0.165. The summed E-state index contributed by atoms with van der Waals surface area (Å²) in [5.41, 5.74) is 5.79. The molecular weight excluding hydrogens is 214 g/mol. The van der Waals surface area contributed by atoms with Gasteiger partial charge in [0.25, 0.3) is 0 Å². The van der Waals surface area contributed by atoms with E-state index in [0.717, 1.165) is 19.5 Å². The lowest BCUT2D eigenvalue weighted by atomic mass is 9.95. The third-order valence-corrected chi connectivity index (χ3v) is 3.14. The van der Waals surface area contributed by atoms with Crippen LogP contribution in [-0.4, -0.2) is 56.0 Å². The summed E-state index contributed by atoms with van der Waals surface area (Å²) in [7, 11) is 3.60. The summed E-state index contributed by atoms with van der Waals surface area (Å²) in [5.74, 6) is 1.20. The Balaban J connectivity index is 4.36. The van der Waals surface area contributed by atoms with Crippen LogP contribution in [0, 0.1) is 11.8 Å². The zero-order valence-electron chi connectivity index (χ0n) is 12.1. The molecule has 0 saturated heterocycles. The number of carbonyl (C=O) groups is 1. The molecule has 0 bridgehead atoms. The highest BCUT2D eigenvalue weighted by molar-refractivity contribution is 5.77. The molecule has 4 heteroatoms. The van der Waals surface area contributed by atoms with Crippen LogP contribution in [-0.2, 0) is 4.79 Å². The van der Waals surface area contributed by atoms with E-state index in [9.17, 15) is 4.79 Å². The molecule has 1 unspecified atom stereocenters. The molecule has 0 aliphatic carbocycles. The van der Waals surface area contributed by atoms with Gasteiger partial charge in [-0.1, -0.05) is 20.8 Å². The van der Waals surface area contributed by atoms with E-state index in [0.29, 0.717) is 24.9 Å². The van der Waals surface area contributed by atoms with Crippen molar-refractivity contribution in [3.63, 3.8) is 0 Å². The van der Waals surface area contributed by atoms with Gasteiger partial charge in [-0.05, 0) is 31.3 Å². The van der Waals surface area contributed by atoms with Gasteiger partial charge in [-0.2, -0.15) is 0 Å². The predicted molar refractivity (Wildman–Crippen MR) is 72.8 cm³/mol.